The van der Waals surface area contributed by atoms with Crippen molar-refractivity contribution in [3.63, 3.8) is 0 Å². The molecule has 0 spiro atoms. The van der Waals surface area contributed by atoms with E-state index in [4.69, 9.17) is 10.5 Å². The van der Waals surface area contributed by atoms with Gasteiger partial charge < -0.3 is 10.0 Å². The molecule has 1 aromatic heterocycles. The summed E-state index contributed by atoms with van der Waals surface area (Å²) >= 11 is 2.89. The summed E-state index contributed by atoms with van der Waals surface area (Å²) < 4.78 is 54.4. The normalized spacial score (nSPS) is 13.1. The number of hydrogen-bond donors (Lipinski definition) is 1. The molecule has 1 N–H and O–H groups in total. The van der Waals surface area contributed by atoms with Gasteiger partial charge in [0.15, 0.2) is 5.60 Å². The molecule has 0 radical (unpaired) electrons. The van der Waals surface area contributed by atoms with E-state index >= 15 is 0 Å². The van der Waals surface area contributed by atoms with Crippen LogP contribution in [-0.4, -0.2) is 32.9 Å². The maximum absolute atomic E-state index is 13.4. The third-order valence-corrected chi connectivity index (χ3v) is 4.63. The minimum absolute atomic E-state index is 0.0209. The van der Waals surface area contributed by atoms with E-state index in [1.54, 1.807) is 6.07 Å². The van der Waals surface area contributed by atoms with Crippen LogP contribution in [0.3, 0.4) is 0 Å². The van der Waals surface area contributed by atoms with Gasteiger partial charge in [-0.1, -0.05) is 6.58 Å². The summed E-state index contributed by atoms with van der Waals surface area (Å²) in [4.78, 5) is 13.8. The van der Waals surface area contributed by atoms with Crippen LogP contribution >= 0.6 is 15.9 Å². The summed E-state index contributed by atoms with van der Waals surface area (Å²) in [7, 11) is 0. The second kappa shape index (κ2) is 8.88. The smallest absolute Gasteiger partial charge is 0.378 e. The highest BCUT2D eigenvalue weighted by atomic mass is 79.9. The largest absolute Gasteiger partial charge is 0.417 e. The second-order valence-electron chi connectivity index (χ2n) is 6.69. The van der Waals surface area contributed by atoms with Crippen molar-refractivity contribution in [2.45, 2.75) is 25.2 Å². The number of aromatic nitrogens is 2. The number of amides is 1. The van der Waals surface area contributed by atoms with E-state index in [-0.39, 0.29) is 15.7 Å². The standard InChI is InChI=1S/C19H14BrF4N5O2/c1-11(6-25)8-29(13-4-3-12(7-26)14(5-13)19(22,23)24)17(30)18(2,31)10-28-9-15(20)16(21)27-28/h3-5,9,31H,1,8,10H2,2H3. The Morgan fingerprint density at radius 2 is 2.03 bits per heavy atom. The summed E-state index contributed by atoms with van der Waals surface area (Å²) in [5.41, 5.74) is -4.69. The summed E-state index contributed by atoms with van der Waals surface area (Å²) in [6.07, 6.45) is -3.72. The topological polar surface area (TPSA) is 106 Å². The molecular weight excluding hydrogens is 486 g/mol. The first-order valence-electron chi connectivity index (χ1n) is 8.42. The van der Waals surface area contributed by atoms with Crippen LogP contribution in [-0.2, 0) is 17.5 Å². The molecule has 31 heavy (non-hydrogen) atoms. The fourth-order valence-corrected chi connectivity index (χ4v) is 2.98. The van der Waals surface area contributed by atoms with Crippen molar-refractivity contribution < 1.29 is 27.5 Å². The van der Waals surface area contributed by atoms with Crippen LogP contribution in [0.25, 0.3) is 0 Å². The van der Waals surface area contributed by atoms with Crippen LogP contribution in [0.2, 0.25) is 0 Å². The van der Waals surface area contributed by atoms with Crippen molar-refractivity contribution in [2.75, 3.05) is 11.4 Å². The first-order valence-corrected chi connectivity index (χ1v) is 9.21. The van der Waals surface area contributed by atoms with Gasteiger partial charge in [-0.2, -0.15) is 28.1 Å². The lowest BCUT2D eigenvalue weighted by molar-refractivity contribution is -0.138. The molecule has 0 aliphatic carbocycles. The van der Waals surface area contributed by atoms with Crippen LogP contribution in [0.15, 0.2) is 41.0 Å². The highest BCUT2D eigenvalue weighted by Gasteiger charge is 2.39. The van der Waals surface area contributed by atoms with Crippen LogP contribution in [0, 0.1) is 28.6 Å². The maximum atomic E-state index is 13.4. The summed E-state index contributed by atoms with van der Waals surface area (Å²) in [5, 5.41) is 32.1. The van der Waals surface area contributed by atoms with E-state index < -0.39 is 47.8 Å². The van der Waals surface area contributed by atoms with E-state index in [0.29, 0.717) is 6.07 Å². The highest BCUT2D eigenvalue weighted by Crippen LogP contribution is 2.35. The van der Waals surface area contributed by atoms with Gasteiger partial charge >= 0.3 is 6.18 Å². The molecule has 1 amide bonds. The zero-order chi connectivity index (χ0) is 23.6. The molecule has 0 bridgehead atoms. The lowest BCUT2D eigenvalue weighted by Crippen LogP contribution is -2.50. The van der Waals surface area contributed by atoms with Gasteiger partial charge in [0, 0.05) is 17.5 Å². The van der Waals surface area contributed by atoms with Crippen LogP contribution in [0.4, 0.5) is 23.2 Å². The van der Waals surface area contributed by atoms with Crippen molar-refractivity contribution in [2.24, 2.45) is 0 Å². The molecule has 2 rings (SSSR count). The summed E-state index contributed by atoms with van der Waals surface area (Å²) in [5.74, 6) is -1.98. The molecule has 1 aromatic carbocycles. The number of alkyl halides is 3. The summed E-state index contributed by atoms with van der Waals surface area (Å²) in [6.45, 7) is 3.43. The molecule has 0 aliphatic rings. The Balaban J connectivity index is 2.51. The Morgan fingerprint density at radius 1 is 1.39 bits per heavy atom. The van der Waals surface area contributed by atoms with Crippen molar-refractivity contribution in [3.8, 4) is 12.1 Å². The number of nitrogens with zero attached hydrogens (tertiary/aromatic N) is 5. The van der Waals surface area contributed by atoms with Gasteiger partial charge in [-0.25, -0.2) is 0 Å². The van der Waals surface area contributed by atoms with E-state index in [1.807, 2.05) is 0 Å². The number of carbonyl (C=O) groups excluding carboxylic acids is 1. The highest BCUT2D eigenvalue weighted by molar-refractivity contribution is 9.10. The second-order valence-corrected chi connectivity index (χ2v) is 7.54. The number of nitriles is 2. The third-order valence-electron chi connectivity index (χ3n) is 4.10. The number of anilines is 1. The van der Waals surface area contributed by atoms with Crippen LogP contribution in [0.5, 0.6) is 0 Å². The molecule has 0 fully saturated rings. The predicted molar refractivity (Wildman–Crippen MR) is 104 cm³/mol. The van der Waals surface area contributed by atoms with E-state index in [1.165, 1.54) is 12.3 Å². The quantitative estimate of drug-likeness (QED) is 0.483. The number of benzene rings is 1. The molecular formula is C19H14BrF4N5O2. The van der Waals surface area contributed by atoms with Gasteiger partial charge in [0.25, 0.3) is 5.91 Å². The van der Waals surface area contributed by atoms with Crippen molar-refractivity contribution in [1.29, 1.82) is 10.5 Å². The molecule has 162 valence electrons. The van der Waals surface area contributed by atoms with Crippen molar-refractivity contribution in [3.05, 3.63) is 58.1 Å². The Kier molecular flexibility index (Phi) is 6.89. The predicted octanol–water partition coefficient (Wildman–Crippen LogP) is 3.54. The minimum Gasteiger partial charge on any atom is -0.378 e. The molecule has 0 aliphatic heterocycles. The van der Waals surface area contributed by atoms with E-state index in [0.717, 1.165) is 28.6 Å². The fraction of sp³-hybridized carbons (Fsp3) is 0.263. The van der Waals surface area contributed by atoms with E-state index in [9.17, 15) is 27.5 Å². The van der Waals surface area contributed by atoms with E-state index in [2.05, 4.69) is 27.6 Å². The molecule has 1 unspecified atom stereocenters. The Hall–Kier alpha value is -3.22. The van der Waals surface area contributed by atoms with Crippen LogP contribution in [0.1, 0.15) is 18.1 Å². The monoisotopic (exact) mass is 499 g/mol. The average Bonchev–Trinajstić information content (AvgIpc) is 3.00. The Bertz CT molecular complexity index is 1090. The zero-order valence-electron chi connectivity index (χ0n) is 15.9. The minimum atomic E-state index is -4.89. The number of rotatable bonds is 6. The van der Waals surface area contributed by atoms with Crippen molar-refractivity contribution in [1.82, 2.24) is 9.78 Å². The number of aliphatic hydroxyl groups is 1. The maximum Gasteiger partial charge on any atom is 0.417 e. The van der Waals surface area contributed by atoms with Crippen molar-refractivity contribution >= 4 is 27.5 Å². The molecule has 1 heterocycles. The third kappa shape index (κ3) is 5.48. The van der Waals surface area contributed by atoms with Gasteiger partial charge in [0.05, 0.1) is 40.8 Å². The average molecular weight is 500 g/mol. The molecule has 12 heteroatoms. The van der Waals surface area contributed by atoms with Crippen LogP contribution < -0.4 is 4.90 Å². The number of hydrogen-bond acceptors (Lipinski definition) is 5. The fourth-order valence-electron chi connectivity index (χ4n) is 2.67. The number of halogens is 5. The van der Waals surface area contributed by atoms with Gasteiger partial charge in [0.2, 0.25) is 5.95 Å². The molecule has 2 aromatic rings. The first-order chi connectivity index (χ1) is 14.3. The number of carbonyl (C=O) groups is 1. The lowest BCUT2D eigenvalue weighted by atomic mass is 10.0. The Labute approximate surface area is 182 Å². The molecule has 1 atom stereocenters. The molecule has 7 nitrogen and oxygen atoms in total. The van der Waals surface area contributed by atoms with Gasteiger partial charge in [-0.05, 0) is 41.1 Å². The summed E-state index contributed by atoms with van der Waals surface area (Å²) in [6, 6.07) is 5.64. The molecule has 0 saturated heterocycles. The SMILES string of the molecule is C=C(C#N)CN(C(=O)C(C)(O)Cn1cc(Br)c(F)n1)c1ccc(C#N)c(C(F)(F)F)c1. The zero-order valence-corrected chi connectivity index (χ0v) is 17.5. The molecule has 0 saturated carbocycles. The Morgan fingerprint density at radius 3 is 2.52 bits per heavy atom. The van der Waals surface area contributed by atoms with Gasteiger partial charge in [0.1, 0.15) is 0 Å². The first kappa shape index (κ1) is 24.1. The lowest BCUT2D eigenvalue weighted by Gasteiger charge is -2.31. The van der Waals surface area contributed by atoms with Gasteiger partial charge in [-0.15, -0.1) is 5.10 Å². The van der Waals surface area contributed by atoms with Gasteiger partial charge in [-0.3, -0.25) is 9.48 Å².